The molecule has 3 rings (SSSR count). The Balaban J connectivity index is 2.21. The van der Waals surface area contributed by atoms with Crippen LogP contribution >= 0.6 is 0 Å². The van der Waals surface area contributed by atoms with E-state index in [4.69, 9.17) is 4.74 Å². The van der Waals surface area contributed by atoms with Crippen LogP contribution in [0.5, 0.6) is 0 Å². The lowest BCUT2D eigenvalue weighted by Crippen LogP contribution is -2.06. The highest BCUT2D eigenvalue weighted by Gasteiger charge is 2.14. The third kappa shape index (κ3) is 1.93. The summed E-state index contributed by atoms with van der Waals surface area (Å²) in [6.07, 6.45) is 1.62. The van der Waals surface area contributed by atoms with Gasteiger partial charge < -0.3 is 4.74 Å². The summed E-state index contributed by atoms with van der Waals surface area (Å²) in [5.41, 5.74) is 1.78. The summed E-state index contributed by atoms with van der Waals surface area (Å²) in [7, 11) is 1.32. The van der Waals surface area contributed by atoms with Gasteiger partial charge in [-0.25, -0.2) is 14.2 Å². The summed E-state index contributed by atoms with van der Waals surface area (Å²) in [4.78, 5) is 16.0. The average molecular weight is 270 g/mol. The molecule has 0 N–H and O–H groups in total. The molecule has 100 valence electrons. The fraction of sp³-hybridized carbons (Fsp3) is 0.0667. The van der Waals surface area contributed by atoms with Gasteiger partial charge in [0.05, 0.1) is 12.8 Å². The number of fused-ring (bicyclic) bond motifs is 1. The van der Waals surface area contributed by atoms with Crippen molar-refractivity contribution in [2.75, 3.05) is 7.11 Å². The number of benzene rings is 1. The van der Waals surface area contributed by atoms with Crippen molar-refractivity contribution in [1.82, 2.24) is 9.38 Å². The number of carbonyl (C=O) groups is 1. The summed E-state index contributed by atoms with van der Waals surface area (Å²) in [6.45, 7) is 0. The summed E-state index contributed by atoms with van der Waals surface area (Å²) in [5, 5.41) is 0. The fourth-order valence-electron chi connectivity index (χ4n) is 2.08. The number of carbonyl (C=O) groups excluding carboxylic acids is 1. The summed E-state index contributed by atoms with van der Waals surface area (Å²) < 4.78 is 20.1. The van der Waals surface area contributed by atoms with Crippen molar-refractivity contribution in [2.24, 2.45) is 0 Å². The van der Waals surface area contributed by atoms with Crippen LogP contribution in [0.3, 0.4) is 0 Å². The van der Waals surface area contributed by atoms with Crippen LogP contribution in [0.4, 0.5) is 4.39 Å². The largest absolute Gasteiger partial charge is 0.464 e. The molecule has 20 heavy (non-hydrogen) atoms. The summed E-state index contributed by atoms with van der Waals surface area (Å²) in [6, 6.07) is 11.5. The molecule has 3 aromatic rings. The van der Waals surface area contributed by atoms with E-state index in [1.165, 1.54) is 13.2 Å². The second kappa shape index (κ2) is 4.77. The van der Waals surface area contributed by atoms with Gasteiger partial charge in [-0.1, -0.05) is 18.2 Å². The lowest BCUT2D eigenvalue weighted by atomic mass is 10.1. The molecule has 0 saturated carbocycles. The lowest BCUT2D eigenvalue weighted by molar-refractivity contribution is 0.0592. The second-order valence-corrected chi connectivity index (χ2v) is 4.24. The minimum absolute atomic E-state index is 0.347. The van der Waals surface area contributed by atoms with E-state index in [-0.39, 0.29) is 5.82 Å². The van der Waals surface area contributed by atoms with Crippen molar-refractivity contribution in [3.8, 4) is 11.3 Å². The van der Waals surface area contributed by atoms with Gasteiger partial charge in [0.1, 0.15) is 17.2 Å². The number of pyridine rings is 1. The highest BCUT2D eigenvalue weighted by molar-refractivity contribution is 5.88. The van der Waals surface area contributed by atoms with Gasteiger partial charge in [0.25, 0.3) is 0 Å². The zero-order valence-electron chi connectivity index (χ0n) is 10.7. The van der Waals surface area contributed by atoms with Gasteiger partial charge in [0.15, 0.2) is 0 Å². The van der Waals surface area contributed by atoms with Crippen LogP contribution < -0.4 is 0 Å². The Bertz CT molecular complexity index is 795. The smallest absolute Gasteiger partial charge is 0.355 e. The monoisotopic (exact) mass is 270 g/mol. The molecule has 0 aliphatic heterocycles. The van der Waals surface area contributed by atoms with E-state index >= 15 is 0 Å². The van der Waals surface area contributed by atoms with Crippen molar-refractivity contribution in [3.05, 3.63) is 60.2 Å². The first kappa shape index (κ1) is 12.3. The lowest BCUT2D eigenvalue weighted by Gasteiger charge is -2.01. The third-order valence-corrected chi connectivity index (χ3v) is 3.04. The molecule has 2 aromatic heterocycles. The maximum absolute atomic E-state index is 13.8. The van der Waals surface area contributed by atoms with Gasteiger partial charge in [-0.2, -0.15) is 0 Å². The molecule has 0 aliphatic carbocycles. The van der Waals surface area contributed by atoms with Crippen LogP contribution in [0.2, 0.25) is 0 Å². The topological polar surface area (TPSA) is 43.6 Å². The van der Waals surface area contributed by atoms with E-state index in [2.05, 4.69) is 4.98 Å². The second-order valence-electron chi connectivity index (χ2n) is 4.24. The van der Waals surface area contributed by atoms with Gasteiger partial charge in [0, 0.05) is 11.8 Å². The van der Waals surface area contributed by atoms with E-state index in [1.54, 1.807) is 47.0 Å². The molecule has 0 spiro atoms. The van der Waals surface area contributed by atoms with Gasteiger partial charge in [-0.15, -0.1) is 0 Å². The zero-order valence-corrected chi connectivity index (χ0v) is 10.7. The predicted octanol–water partition coefficient (Wildman–Crippen LogP) is 2.93. The molecular formula is C15H11FN2O2. The number of aromatic nitrogens is 2. The molecule has 0 unspecified atom stereocenters. The molecule has 0 fully saturated rings. The molecule has 0 radical (unpaired) electrons. The fourth-order valence-corrected chi connectivity index (χ4v) is 2.08. The molecule has 0 saturated heterocycles. The van der Waals surface area contributed by atoms with Crippen molar-refractivity contribution in [3.63, 3.8) is 0 Å². The molecular weight excluding hydrogens is 259 g/mol. The van der Waals surface area contributed by atoms with Gasteiger partial charge >= 0.3 is 5.97 Å². The number of methoxy groups -OCH3 is 1. The predicted molar refractivity (Wildman–Crippen MR) is 71.9 cm³/mol. The molecule has 2 heterocycles. The number of halogens is 1. The number of hydrogen-bond donors (Lipinski definition) is 0. The van der Waals surface area contributed by atoms with E-state index in [0.717, 1.165) is 0 Å². The first-order valence-corrected chi connectivity index (χ1v) is 6.02. The Morgan fingerprint density at radius 1 is 1.20 bits per heavy atom. The SMILES string of the molecule is COC(=O)c1cccc2nc(-c3ccccc3F)cn12. The highest BCUT2D eigenvalue weighted by atomic mass is 19.1. The van der Waals surface area contributed by atoms with E-state index in [0.29, 0.717) is 22.6 Å². The van der Waals surface area contributed by atoms with Crippen LogP contribution in [-0.4, -0.2) is 22.5 Å². The number of rotatable bonds is 2. The van der Waals surface area contributed by atoms with Crippen LogP contribution in [0, 0.1) is 5.82 Å². The first-order chi connectivity index (χ1) is 9.70. The quantitative estimate of drug-likeness (QED) is 0.672. The van der Waals surface area contributed by atoms with Gasteiger partial charge in [0.2, 0.25) is 0 Å². The maximum Gasteiger partial charge on any atom is 0.355 e. The van der Waals surface area contributed by atoms with E-state index in [9.17, 15) is 9.18 Å². The average Bonchev–Trinajstić information content (AvgIpc) is 2.90. The van der Waals surface area contributed by atoms with Crippen molar-refractivity contribution in [1.29, 1.82) is 0 Å². The molecule has 4 nitrogen and oxygen atoms in total. The third-order valence-electron chi connectivity index (χ3n) is 3.04. The minimum Gasteiger partial charge on any atom is -0.464 e. The number of nitrogens with zero attached hydrogens (tertiary/aromatic N) is 2. The zero-order chi connectivity index (χ0) is 14.1. The Kier molecular flexibility index (Phi) is 2.95. The van der Waals surface area contributed by atoms with Crippen LogP contribution in [0.15, 0.2) is 48.7 Å². The number of imidazole rings is 1. The summed E-state index contributed by atoms with van der Waals surface area (Å²) >= 11 is 0. The van der Waals surface area contributed by atoms with Crippen LogP contribution in [0.25, 0.3) is 16.9 Å². The van der Waals surface area contributed by atoms with Gasteiger partial charge in [-0.3, -0.25) is 4.40 Å². The molecule has 0 aliphatic rings. The molecule has 0 bridgehead atoms. The Hall–Kier alpha value is -2.69. The number of esters is 1. The summed E-state index contributed by atoms with van der Waals surface area (Å²) in [5.74, 6) is -0.816. The Labute approximate surface area is 114 Å². The molecule has 0 atom stereocenters. The normalized spacial score (nSPS) is 10.7. The Morgan fingerprint density at radius 3 is 2.75 bits per heavy atom. The van der Waals surface area contributed by atoms with Crippen molar-refractivity contribution >= 4 is 11.6 Å². The van der Waals surface area contributed by atoms with E-state index < -0.39 is 5.97 Å². The molecule has 1 aromatic carbocycles. The van der Waals surface area contributed by atoms with Crippen LogP contribution in [-0.2, 0) is 4.74 Å². The Morgan fingerprint density at radius 2 is 2.00 bits per heavy atom. The first-order valence-electron chi connectivity index (χ1n) is 6.02. The highest BCUT2D eigenvalue weighted by Crippen LogP contribution is 2.23. The number of hydrogen-bond acceptors (Lipinski definition) is 3. The minimum atomic E-state index is -0.465. The molecule has 5 heteroatoms. The maximum atomic E-state index is 13.8. The van der Waals surface area contributed by atoms with Gasteiger partial charge in [-0.05, 0) is 24.3 Å². The number of ether oxygens (including phenoxy) is 1. The standard InChI is InChI=1S/C15H11FN2O2/c1-20-15(19)13-7-4-8-14-17-12(9-18(13)14)10-5-2-3-6-11(10)16/h2-9H,1H3. The van der Waals surface area contributed by atoms with Crippen molar-refractivity contribution < 1.29 is 13.9 Å². The molecule has 0 amide bonds. The van der Waals surface area contributed by atoms with E-state index in [1.807, 2.05) is 0 Å². The van der Waals surface area contributed by atoms with Crippen LogP contribution in [0.1, 0.15) is 10.5 Å². The van der Waals surface area contributed by atoms with Crippen molar-refractivity contribution in [2.45, 2.75) is 0 Å².